The van der Waals surface area contributed by atoms with Crippen molar-refractivity contribution in [2.45, 2.75) is 6.92 Å². The molecule has 0 fully saturated rings. The van der Waals surface area contributed by atoms with Crippen molar-refractivity contribution in [1.82, 2.24) is 0 Å². The first-order valence-corrected chi connectivity index (χ1v) is 5.43. The maximum absolute atomic E-state index is 10.5. The summed E-state index contributed by atoms with van der Waals surface area (Å²) in [4.78, 5) is 10.5. The number of hydrogen-bond donors (Lipinski definition) is 0. The Kier molecular flexibility index (Phi) is 4.04. The summed E-state index contributed by atoms with van der Waals surface area (Å²) < 4.78 is 5.18. The predicted octanol–water partition coefficient (Wildman–Crippen LogP) is 2.91. The average molecular weight is 200 g/mol. The molecule has 0 aromatic heterocycles. The summed E-state index contributed by atoms with van der Waals surface area (Å²) in [5.74, 6) is 0.760. The van der Waals surface area contributed by atoms with Gasteiger partial charge < -0.3 is 4.18 Å². The van der Waals surface area contributed by atoms with Crippen LogP contribution in [0.1, 0.15) is 6.92 Å². The number of benzene rings is 1. The maximum atomic E-state index is 10.5. The molecule has 1 aromatic carbocycles. The smallest absolute Gasteiger partial charge is 0.199 e. The van der Waals surface area contributed by atoms with E-state index < -0.39 is 0 Å². The Bertz CT molecular complexity index is 248. The maximum Gasteiger partial charge on any atom is 0.199 e. The van der Waals surface area contributed by atoms with Gasteiger partial charge in [0.05, 0.1) is 0 Å². The van der Waals surface area contributed by atoms with Gasteiger partial charge in [0, 0.05) is 17.7 Å². The van der Waals surface area contributed by atoms with Crippen LogP contribution in [0.2, 0.25) is 0 Å². The van der Waals surface area contributed by atoms with Crippen molar-refractivity contribution in [1.29, 1.82) is 0 Å². The molecule has 12 heavy (non-hydrogen) atoms. The molecule has 1 aromatic rings. The second-order valence-electron chi connectivity index (χ2n) is 2.04. The van der Waals surface area contributed by atoms with Gasteiger partial charge in [-0.3, -0.25) is 4.79 Å². The molecule has 0 saturated carbocycles. The number of carbonyl (C=O) groups excluding carboxylic acids is 1. The van der Waals surface area contributed by atoms with Gasteiger partial charge in [-0.1, -0.05) is 18.2 Å². The fourth-order valence-corrected chi connectivity index (χ4v) is 1.52. The fourth-order valence-electron chi connectivity index (χ4n) is 0.580. The van der Waals surface area contributed by atoms with Gasteiger partial charge in [-0.15, -0.1) is 0 Å². The Morgan fingerprint density at radius 3 is 2.58 bits per heavy atom. The molecule has 0 aliphatic heterocycles. The zero-order chi connectivity index (χ0) is 8.81. The van der Waals surface area contributed by atoms with Gasteiger partial charge in [0.2, 0.25) is 0 Å². The minimum atomic E-state index is 0.0379. The molecule has 2 nitrogen and oxygen atoms in total. The number of hydrogen-bond acceptors (Lipinski definition) is 4. The predicted molar refractivity (Wildman–Crippen MR) is 52.9 cm³/mol. The standard InChI is InChI=1S/C8H8O2S2/c1-7(9)11-12-10-8-5-3-2-4-6-8/h2-6H,1H3. The van der Waals surface area contributed by atoms with Crippen molar-refractivity contribution in [2.24, 2.45) is 0 Å². The molecule has 0 bridgehead atoms. The van der Waals surface area contributed by atoms with E-state index in [1.165, 1.54) is 6.92 Å². The highest BCUT2D eigenvalue weighted by molar-refractivity contribution is 8.80. The molecule has 0 spiro atoms. The van der Waals surface area contributed by atoms with Gasteiger partial charge in [-0.2, -0.15) is 0 Å². The van der Waals surface area contributed by atoms with Crippen molar-refractivity contribution in [3.63, 3.8) is 0 Å². The van der Waals surface area contributed by atoms with Crippen LogP contribution in [-0.4, -0.2) is 5.12 Å². The lowest BCUT2D eigenvalue weighted by Gasteiger charge is -1.99. The van der Waals surface area contributed by atoms with Crippen molar-refractivity contribution >= 4 is 27.0 Å². The van der Waals surface area contributed by atoms with Gasteiger partial charge in [0.15, 0.2) is 5.12 Å². The van der Waals surface area contributed by atoms with E-state index in [1.54, 1.807) is 0 Å². The van der Waals surface area contributed by atoms with Crippen LogP contribution in [-0.2, 0) is 4.79 Å². The molecule has 4 heteroatoms. The highest BCUT2D eigenvalue weighted by Gasteiger charge is 1.96. The van der Waals surface area contributed by atoms with Crippen LogP contribution < -0.4 is 4.18 Å². The summed E-state index contributed by atoms with van der Waals surface area (Å²) in [6.07, 6.45) is 0. The lowest BCUT2D eigenvalue weighted by Crippen LogP contribution is -1.80. The second-order valence-corrected chi connectivity index (χ2v) is 3.99. The molecule has 0 aliphatic carbocycles. The largest absolute Gasteiger partial charge is 0.414 e. The van der Waals surface area contributed by atoms with E-state index >= 15 is 0 Å². The molecular formula is C8H8O2S2. The van der Waals surface area contributed by atoms with Crippen molar-refractivity contribution < 1.29 is 8.98 Å². The van der Waals surface area contributed by atoms with Gasteiger partial charge in [-0.25, -0.2) is 0 Å². The highest BCUT2D eigenvalue weighted by atomic mass is 33.1. The normalized spacial score (nSPS) is 9.42. The minimum Gasteiger partial charge on any atom is -0.414 e. The summed E-state index contributed by atoms with van der Waals surface area (Å²) in [5.41, 5.74) is 0. The summed E-state index contributed by atoms with van der Waals surface area (Å²) in [5, 5.41) is 0.0379. The fraction of sp³-hybridized carbons (Fsp3) is 0.125. The molecule has 0 amide bonds. The van der Waals surface area contributed by atoms with E-state index in [9.17, 15) is 4.79 Å². The first-order valence-electron chi connectivity index (χ1n) is 3.36. The summed E-state index contributed by atoms with van der Waals surface area (Å²) in [7, 11) is 1.08. The monoisotopic (exact) mass is 200 g/mol. The molecule has 0 atom stereocenters. The van der Waals surface area contributed by atoms with E-state index in [1.807, 2.05) is 30.3 Å². The first kappa shape index (κ1) is 9.48. The van der Waals surface area contributed by atoms with Crippen molar-refractivity contribution in [3.8, 4) is 5.75 Å². The van der Waals surface area contributed by atoms with Crippen molar-refractivity contribution in [3.05, 3.63) is 30.3 Å². The Balaban J connectivity index is 2.29. The van der Waals surface area contributed by atoms with Crippen LogP contribution in [0.3, 0.4) is 0 Å². The molecular weight excluding hydrogens is 192 g/mol. The van der Waals surface area contributed by atoms with Crippen LogP contribution in [0, 0.1) is 0 Å². The quantitative estimate of drug-likeness (QED) is 0.553. The zero-order valence-electron chi connectivity index (χ0n) is 6.52. The second kappa shape index (κ2) is 5.11. The number of para-hydroxylation sites is 1. The van der Waals surface area contributed by atoms with Crippen LogP contribution in [0.25, 0.3) is 0 Å². The SMILES string of the molecule is CC(=O)SSOc1ccccc1. The highest BCUT2D eigenvalue weighted by Crippen LogP contribution is 2.25. The topological polar surface area (TPSA) is 26.3 Å². The van der Waals surface area contributed by atoms with Gasteiger partial charge in [0.25, 0.3) is 0 Å². The average Bonchev–Trinajstić information content (AvgIpc) is 2.05. The third kappa shape index (κ3) is 3.69. The van der Waals surface area contributed by atoms with Crippen molar-refractivity contribution in [2.75, 3.05) is 0 Å². The van der Waals surface area contributed by atoms with Crippen LogP contribution >= 0.6 is 21.9 Å². The van der Waals surface area contributed by atoms with Crippen LogP contribution in [0.5, 0.6) is 5.75 Å². The van der Waals surface area contributed by atoms with E-state index in [4.69, 9.17) is 4.18 Å². The van der Waals surface area contributed by atoms with E-state index in [2.05, 4.69) is 0 Å². The Morgan fingerprint density at radius 2 is 2.00 bits per heavy atom. The van der Waals surface area contributed by atoms with Gasteiger partial charge in [0.1, 0.15) is 16.8 Å². The third-order valence-corrected chi connectivity index (χ3v) is 2.70. The first-order chi connectivity index (χ1) is 5.79. The molecule has 0 N–H and O–H groups in total. The lowest BCUT2D eigenvalue weighted by atomic mass is 10.3. The summed E-state index contributed by atoms with van der Waals surface area (Å²) >= 11 is 1.08. The molecule has 0 aliphatic rings. The van der Waals surface area contributed by atoms with Gasteiger partial charge in [-0.05, 0) is 12.1 Å². The number of rotatable bonds is 3. The Labute approximate surface area is 79.3 Å². The molecule has 0 heterocycles. The molecule has 0 unspecified atom stereocenters. The minimum absolute atomic E-state index is 0.0379. The Hall–Kier alpha value is -0.610. The van der Waals surface area contributed by atoms with E-state index in [0.717, 1.165) is 27.6 Å². The third-order valence-electron chi connectivity index (χ3n) is 1.02. The summed E-state index contributed by atoms with van der Waals surface area (Å²) in [6, 6.07) is 9.36. The molecule has 64 valence electrons. The van der Waals surface area contributed by atoms with Crippen LogP contribution in [0.15, 0.2) is 30.3 Å². The lowest BCUT2D eigenvalue weighted by molar-refractivity contribution is -0.109. The van der Waals surface area contributed by atoms with E-state index in [0.29, 0.717) is 0 Å². The van der Waals surface area contributed by atoms with Crippen LogP contribution in [0.4, 0.5) is 0 Å². The molecule has 0 radical (unpaired) electrons. The zero-order valence-corrected chi connectivity index (χ0v) is 8.15. The number of carbonyl (C=O) groups is 1. The van der Waals surface area contributed by atoms with Gasteiger partial charge >= 0.3 is 0 Å². The molecule has 0 saturated heterocycles. The Morgan fingerprint density at radius 1 is 1.33 bits per heavy atom. The van der Waals surface area contributed by atoms with E-state index in [-0.39, 0.29) is 5.12 Å². The summed E-state index contributed by atoms with van der Waals surface area (Å²) in [6.45, 7) is 1.51. The molecule has 1 rings (SSSR count).